The molecule has 3 rings (SSSR count). The minimum atomic E-state index is -0.552. The highest BCUT2D eigenvalue weighted by atomic mass is 16.3. The Balaban J connectivity index is 1.94. The van der Waals surface area contributed by atoms with E-state index in [1.165, 1.54) is 0 Å². The summed E-state index contributed by atoms with van der Waals surface area (Å²) in [6.07, 6.45) is 1.81. The van der Waals surface area contributed by atoms with E-state index in [0.717, 1.165) is 33.4 Å². The summed E-state index contributed by atoms with van der Waals surface area (Å²) in [5, 5.41) is 11.6. The largest absolute Gasteiger partial charge is 0.388 e. The lowest BCUT2D eigenvalue weighted by atomic mass is 9.98. The van der Waals surface area contributed by atoms with Crippen molar-refractivity contribution >= 4 is 10.9 Å². The highest BCUT2D eigenvalue weighted by Gasteiger charge is 2.14. The third kappa shape index (κ3) is 2.78. The van der Waals surface area contributed by atoms with Crippen molar-refractivity contribution in [3.05, 3.63) is 71.2 Å². The average Bonchev–Trinajstić information content (AvgIpc) is 2.47. The van der Waals surface area contributed by atoms with Crippen molar-refractivity contribution < 1.29 is 5.11 Å². The van der Waals surface area contributed by atoms with Crippen molar-refractivity contribution in [1.29, 1.82) is 0 Å². The first-order valence-electron chi connectivity index (χ1n) is 7.10. The summed E-state index contributed by atoms with van der Waals surface area (Å²) in [4.78, 5) is 8.78. The molecule has 0 saturated heterocycles. The van der Waals surface area contributed by atoms with Gasteiger partial charge < -0.3 is 5.11 Å². The average molecular weight is 278 g/mol. The summed E-state index contributed by atoms with van der Waals surface area (Å²) in [7, 11) is 0. The predicted octanol–water partition coefficient (Wildman–Crippen LogP) is 3.52. The Kier molecular flexibility index (Phi) is 3.67. The zero-order valence-electron chi connectivity index (χ0n) is 12.2. The number of pyridine rings is 2. The standard InChI is InChI=1S/C18H18N2O/c1-12-7-8-15(13(2)20-12)18(21)11-14-9-10-19-17-6-4-3-5-16(14)17/h3-10,18,21H,11H2,1-2H3. The molecular weight excluding hydrogens is 260 g/mol. The quantitative estimate of drug-likeness (QED) is 0.797. The number of benzene rings is 1. The lowest BCUT2D eigenvalue weighted by Crippen LogP contribution is -2.06. The molecule has 1 atom stereocenters. The molecule has 0 bridgehead atoms. The van der Waals surface area contributed by atoms with Gasteiger partial charge in [0.25, 0.3) is 0 Å². The van der Waals surface area contributed by atoms with Gasteiger partial charge in [0.15, 0.2) is 0 Å². The van der Waals surface area contributed by atoms with E-state index in [0.29, 0.717) is 6.42 Å². The van der Waals surface area contributed by atoms with Crippen LogP contribution in [-0.2, 0) is 6.42 Å². The van der Waals surface area contributed by atoms with Crippen LogP contribution in [0.4, 0.5) is 0 Å². The summed E-state index contributed by atoms with van der Waals surface area (Å²) < 4.78 is 0. The SMILES string of the molecule is Cc1ccc(C(O)Cc2ccnc3ccccc23)c(C)n1. The van der Waals surface area contributed by atoms with Crippen LogP contribution in [0.2, 0.25) is 0 Å². The molecule has 0 radical (unpaired) electrons. The van der Waals surface area contributed by atoms with Crippen LogP contribution in [0, 0.1) is 13.8 Å². The third-order valence-corrected chi connectivity index (χ3v) is 3.78. The second-order valence-corrected chi connectivity index (χ2v) is 5.33. The number of aliphatic hydroxyl groups excluding tert-OH is 1. The van der Waals surface area contributed by atoms with Crippen LogP contribution in [0.15, 0.2) is 48.7 Å². The van der Waals surface area contributed by atoms with E-state index < -0.39 is 6.10 Å². The topological polar surface area (TPSA) is 46.0 Å². The van der Waals surface area contributed by atoms with Gasteiger partial charge in [-0.2, -0.15) is 0 Å². The normalized spacial score (nSPS) is 12.5. The first-order chi connectivity index (χ1) is 10.1. The van der Waals surface area contributed by atoms with Crippen molar-refractivity contribution in [3.8, 4) is 0 Å². The summed E-state index contributed by atoms with van der Waals surface area (Å²) in [6, 6.07) is 13.9. The zero-order chi connectivity index (χ0) is 14.8. The van der Waals surface area contributed by atoms with E-state index in [2.05, 4.69) is 9.97 Å². The number of hydrogen-bond donors (Lipinski definition) is 1. The Bertz CT molecular complexity index is 778. The lowest BCUT2D eigenvalue weighted by Gasteiger charge is -2.15. The minimum Gasteiger partial charge on any atom is -0.388 e. The molecule has 2 aromatic heterocycles. The number of para-hydroxylation sites is 1. The Hall–Kier alpha value is -2.26. The van der Waals surface area contributed by atoms with Gasteiger partial charge in [-0.15, -0.1) is 0 Å². The molecule has 106 valence electrons. The van der Waals surface area contributed by atoms with Crippen LogP contribution in [0.25, 0.3) is 10.9 Å². The fourth-order valence-corrected chi connectivity index (χ4v) is 2.70. The number of nitrogens with zero attached hydrogens (tertiary/aromatic N) is 2. The number of rotatable bonds is 3. The highest BCUT2D eigenvalue weighted by Crippen LogP contribution is 2.24. The van der Waals surface area contributed by atoms with Gasteiger partial charge in [-0.1, -0.05) is 24.3 Å². The van der Waals surface area contributed by atoms with Crippen molar-refractivity contribution in [2.75, 3.05) is 0 Å². The summed E-state index contributed by atoms with van der Waals surface area (Å²) in [5.74, 6) is 0. The number of aromatic nitrogens is 2. The molecule has 1 aromatic carbocycles. The second-order valence-electron chi connectivity index (χ2n) is 5.33. The van der Waals surface area contributed by atoms with Crippen molar-refractivity contribution in [1.82, 2.24) is 9.97 Å². The molecule has 3 nitrogen and oxygen atoms in total. The fourth-order valence-electron chi connectivity index (χ4n) is 2.70. The predicted molar refractivity (Wildman–Crippen MR) is 84.1 cm³/mol. The van der Waals surface area contributed by atoms with Gasteiger partial charge in [0.05, 0.1) is 11.6 Å². The minimum absolute atomic E-state index is 0.552. The van der Waals surface area contributed by atoms with Gasteiger partial charge in [0.1, 0.15) is 0 Å². The molecule has 2 heterocycles. The van der Waals surface area contributed by atoms with Crippen LogP contribution in [0.1, 0.15) is 28.6 Å². The maximum Gasteiger partial charge on any atom is 0.0848 e. The molecular formula is C18H18N2O. The van der Waals surface area contributed by atoms with Crippen LogP contribution >= 0.6 is 0 Å². The Labute approximate surface area is 124 Å². The van der Waals surface area contributed by atoms with Gasteiger partial charge in [0.2, 0.25) is 0 Å². The molecule has 1 N–H and O–H groups in total. The monoisotopic (exact) mass is 278 g/mol. The second kappa shape index (κ2) is 5.62. The van der Waals surface area contributed by atoms with Crippen LogP contribution in [0.5, 0.6) is 0 Å². The highest BCUT2D eigenvalue weighted by molar-refractivity contribution is 5.81. The van der Waals surface area contributed by atoms with E-state index in [1.807, 2.05) is 56.3 Å². The molecule has 0 aliphatic rings. The molecule has 1 unspecified atom stereocenters. The number of aryl methyl sites for hydroxylation is 2. The first-order valence-corrected chi connectivity index (χ1v) is 7.10. The molecule has 21 heavy (non-hydrogen) atoms. The number of fused-ring (bicyclic) bond motifs is 1. The van der Waals surface area contributed by atoms with Gasteiger partial charge in [-0.05, 0) is 37.6 Å². The van der Waals surface area contributed by atoms with Crippen molar-refractivity contribution in [2.24, 2.45) is 0 Å². The lowest BCUT2D eigenvalue weighted by molar-refractivity contribution is 0.177. The molecule has 0 spiro atoms. The maximum atomic E-state index is 10.5. The van der Waals surface area contributed by atoms with E-state index in [-0.39, 0.29) is 0 Å². The van der Waals surface area contributed by atoms with E-state index in [9.17, 15) is 5.11 Å². The Morgan fingerprint density at radius 1 is 1.05 bits per heavy atom. The molecule has 3 aromatic rings. The van der Waals surface area contributed by atoms with Crippen molar-refractivity contribution in [3.63, 3.8) is 0 Å². The molecule has 0 amide bonds. The van der Waals surface area contributed by atoms with E-state index in [1.54, 1.807) is 6.20 Å². The van der Waals surface area contributed by atoms with Crippen LogP contribution in [0.3, 0.4) is 0 Å². The molecule has 3 heteroatoms. The smallest absolute Gasteiger partial charge is 0.0848 e. The molecule has 0 aliphatic carbocycles. The van der Waals surface area contributed by atoms with Crippen LogP contribution in [-0.4, -0.2) is 15.1 Å². The fraction of sp³-hybridized carbons (Fsp3) is 0.222. The zero-order valence-corrected chi connectivity index (χ0v) is 12.2. The molecule has 0 saturated carbocycles. The first kappa shape index (κ1) is 13.7. The number of aliphatic hydroxyl groups is 1. The summed E-state index contributed by atoms with van der Waals surface area (Å²) >= 11 is 0. The van der Waals surface area contributed by atoms with Gasteiger partial charge >= 0.3 is 0 Å². The Morgan fingerprint density at radius 2 is 1.86 bits per heavy atom. The molecule has 0 aliphatic heterocycles. The number of hydrogen-bond acceptors (Lipinski definition) is 3. The molecule has 0 fully saturated rings. The van der Waals surface area contributed by atoms with Crippen LogP contribution < -0.4 is 0 Å². The van der Waals surface area contributed by atoms with E-state index >= 15 is 0 Å². The van der Waals surface area contributed by atoms with E-state index in [4.69, 9.17) is 0 Å². The third-order valence-electron chi connectivity index (χ3n) is 3.78. The van der Waals surface area contributed by atoms with Crippen molar-refractivity contribution in [2.45, 2.75) is 26.4 Å². The summed E-state index contributed by atoms with van der Waals surface area (Å²) in [5.41, 5.74) is 4.81. The maximum absolute atomic E-state index is 10.5. The van der Waals surface area contributed by atoms with Gasteiger partial charge in [0, 0.05) is 35.0 Å². The van der Waals surface area contributed by atoms with Gasteiger partial charge in [-0.25, -0.2) is 0 Å². The van der Waals surface area contributed by atoms with Gasteiger partial charge in [-0.3, -0.25) is 9.97 Å². The Morgan fingerprint density at radius 3 is 2.67 bits per heavy atom. The summed E-state index contributed by atoms with van der Waals surface area (Å²) in [6.45, 7) is 3.90.